The molecule has 53 heavy (non-hydrogen) atoms. The minimum Gasteiger partial charge on any atom is -0.453 e. The number of benzene rings is 7. The van der Waals surface area contributed by atoms with Gasteiger partial charge in [0.05, 0.1) is 16.7 Å². The number of para-hydroxylation sites is 3. The molecule has 0 saturated heterocycles. The molecule has 2 aromatic heterocycles. The molecule has 2 aliphatic rings. The minimum atomic E-state index is -0.201. The van der Waals surface area contributed by atoms with Gasteiger partial charge in [0.25, 0.3) is 0 Å². The summed E-state index contributed by atoms with van der Waals surface area (Å²) < 4.78 is 8.72. The van der Waals surface area contributed by atoms with Gasteiger partial charge < -0.3 is 9.30 Å². The van der Waals surface area contributed by atoms with Crippen LogP contribution in [-0.4, -0.2) is 19.5 Å². The van der Waals surface area contributed by atoms with E-state index in [2.05, 4.69) is 128 Å². The second kappa shape index (κ2) is 11.1. The first kappa shape index (κ1) is 29.8. The van der Waals surface area contributed by atoms with Crippen LogP contribution in [0.15, 0.2) is 158 Å². The van der Waals surface area contributed by atoms with Crippen molar-refractivity contribution in [2.75, 3.05) is 0 Å². The van der Waals surface area contributed by atoms with Crippen LogP contribution in [0.1, 0.15) is 25.0 Å². The van der Waals surface area contributed by atoms with E-state index in [-0.39, 0.29) is 5.41 Å². The smallest absolute Gasteiger partial charge is 0.164 e. The van der Waals surface area contributed by atoms with Gasteiger partial charge in [-0.2, -0.15) is 0 Å². The molecule has 0 spiro atoms. The SMILES string of the molecule is CC1(C)c2ccc(-c3ccc4c(c3)c3cccc5c3n4-c3ccccc3O5)cc2-c2c(-c3nc(-c4ccccc4)nc(-c4ccccc4)n3)cccc21. The van der Waals surface area contributed by atoms with E-state index in [1.807, 2.05) is 48.5 Å². The van der Waals surface area contributed by atoms with Crippen molar-refractivity contribution in [3.05, 3.63) is 169 Å². The Labute approximate surface area is 306 Å². The summed E-state index contributed by atoms with van der Waals surface area (Å²) in [6.45, 7) is 4.64. The van der Waals surface area contributed by atoms with Crippen LogP contribution in [0.2, 0.25) is 0 Å². The van der Waals surface area contributed by atoms with Crippen molar-refractivity contribution >= 4 is 21.8 Å². The zero-order valence-corrected chi connectivity index (χ0v) is 29.2. The van der Waals surface area contributed by atoms with Crippen molar-refractivity contribution in [2.24, 2.45) is 0 Å². The van der Waals surface area contributed by atoms with Crippen LogP contribution in [0, 0.1) is 0 Å². The third kappa shape index (κ3) is 4.40. The highest BCUT2D eigenvalue weighted by Gasteiger charge is 2.37. The average Bonchev–Trinajstić information content (AvgIpc) is 3.67. The molecular weight excluding hydrogens is 649 g/mol. The third-order valence-electron chi connectivity index (χ3n) is 11.0. The summed E-state index contributed by atoms with van der Waals surface area (Å²) in [5.41, 5.74) is 13.3. The summed E-state index contributed by atoms with van der Waals surface area (Å²) in [4.78, 5) is 15.3. The Balaban J connectivity index is 1.10. The topological polar surface area (TPSA) is 52.8 Å². The Morgan fingerprint density at radius 2 is 1.11 bits per heavy atom. The summed E-state index contributed by atoms with van der Waals surface area (Å²) in [5, 5.41) is 2.38. The Hall–Kier alpha value is -6.85. The number of ether oxygens (including phenoxy) is 1. The molecule has 1 aliphatic heterocycles. The molecule has 3 heterocycles. The van der Waals surface area contributed by atoms with Gasteiger partial charge in [-0.05, 0) is 69.8 Å². The molecule has 0 radical (unpaired) electrons. The predicted molar refractivity (Wildman–Crippen MR) is 214 cm³/mol. The van der Waals surface area contributed by atoms with Gasteiger partial charge in [0.1, 0.15) is 0 Å². The lowest BCUT2D eigenvalue weighted by Gasteiger charge is -2.21. The van der Waals surface area contributed by atoms with Crippen molar-refractivity contribution in [1.82, 2.24) is 19.5 Å². The molecule has 1 aliphatic carbocycles. The van der Waals surface area contributed by atoms with Gasteiger partial charge in [-0.15, -0.1) is 0 Å². The highest BCUT2D eigenvalue weighted by atomic mass is 16.5. The Kier molecular flexibility index (Phi) is 6.23. The largest absolute Gasteiger partial charge is 0.453 e. The van der Waals surface area contributed by atoms with Gasteiger partial charge in [-0.25, -0.2) is 15.0 Å². The lowest BCUT2D eigenvalue weighted by molar-refractivity contribution is 0.476. The van der Waals surface area contributed by atoms with Crippen molar-refractivity contribution in [3.8, 4) is 73.6 Å². The van der Waals surface area contributed by atoms with E-state index >= 15 is 0 Å². The third-order valence-corrected chi connectivity index (χ3v) is 11.0. The fraction of sp³-hybridized carbons (Fsp3) is 0.0625. The molecule has 0 atom stereocenters. The van der Waals surface area contributed by atoms with Gasteiger partial charge in [-0.3, -0.25) is 0 Å². The Morgan fingerprint density at radius 1 is 0.472 bits per heavy atom. The second-order valence-electron chi connectivity index (χ2n) is 14.4. The van der Waals surface area contributed by atoms with Crippen molar-refractivity contribution < 1.29 is 4.74 Å². The molecule has 9 aromatic rings. The maximum absolute atomic E-state index is 6.37. The molecule has 0 unspecified atom stereocenters. The average molecular weight is 681 g/mol. The molecule has 7 aromatic carbocycles. The second-order valence-corrected chi connectivity index (χ2v) is 14.4. The Morgan fingerprint density at radius 3 is 1.89 bits per heavy atom. The van der Waals surface area contributed by atoms with Crippen molar-refractivity contribution in [3.63, 3.8) is 0 Å². The van der Waals surface area contributed by atoms with Gasteiger partial charge in [0.2, 0.25) is 0 Å². The van der Waals surface area contributed by atoms with Crippen LogP contribution >= 0.6 is 0 Å². The zero-order chi connectivity index (χ0) is 35.3. The first-order valence-electron chi connectivity index (χ1n) is 18.0. The Bertz CT molecular complexity index is 2890. The molecule has 0 bridgehead atoms. The molecular formula is C48H32N4O. The fourth-order valence-corrected chi connectivity index (χ4v) is 8.50. The maximum Gasteiger partial charge on any atom is 0.164 e. The number of nitrogens with zero attached hydrogens (tertiary/aromatic N) is 4. The van der Waals surface area contributed by atoms with E-state index in [1.165, 1.54) is 49.7 Å². The lowest BCUT2D eigenvalue weighted by atomic mass is 9.82. The van der Waals surface area contributed by atoms with E-state index in [0.717, 1.165) is 39.4 Å². The number of fused-ring (bicyclic) bond motifs is 8. The first-order chi connectivity index (χ1) is 26.0. The molecule has 0 amide bonds. The van der Waals surface area contributed by atoms with E-state index in [4.69, 9.17) is 19.7 Å². The summed E-state index contributed by atoms with van der Waals surface area (Å²) >= 11 is 0. The molecule has 5 nitrogen and oxygen atoms in total. The van der Waals surface area contributed by atoms with Gasteiger partial charge in [0.15, 0.2) is 29.0 Å². The lowest BCUT2D eigenvalue weighted by Crippen LogP contribution is -2.14. The van der Waals surface area contributed by atoms with Crippen LogP contribution in [-0.2, 0) is 5.41 Å². The molecule has 0 fully saturated rings. The highest BCUT2D eigenvalue weighted by molar-refractivity contribution is 6.13. The molecule has 0 saturated carbocycles. The van der Waals surface area contributed by atoms with Crippen molar-refractivity contribution in [2.45, 2.75) is 19.3 Å². The zero-order valence-electron chi connectivity index (χ0n) is 29.2. The molecule has 250 valence electrons. The summed E-state index contributed by atoms with van der Waals surface area (Å²) in [5.74, 6) is 3.74. The number of aromatic nitrogens is 4. The molecule has 11 rings (SSSR count). The minimum absolute atomic E-state index is 0.201. The van der Waals surface area contributed by atoms with Gasteiger partial charge in [0, 0.05) is 32.9 Å². The van der Waals surface area contributed by atoms with E-state index < -0.39 is 0 Å². The van der Waals surface area contributed by atoms with Gasteiger partial charge >= 0.3 is 0 Å². The fourth-order valence-electron chi connectivity index (χ4n) is 8.50. The summed E-state index contributed by atoms with van der Waals surface area (Å²) in [7, 11) is 0. The summed E-state index contributed by atoms with van der Waals surface area (Å²) in [6, 6.07) is 55.3. The van der Waals surface area contributed by atoms with Crippen LogP contribution in [0.4, 0.5) is 0 Å². The standard InChI is InChI=1S/C48H32N4O/c1-48(2)37-25-23-31(32-24-26-39-35(27-32)33-17-12-22-42-44(33)52(39)40-20-9-10-21-41(40)53-42)28-36(37)43-34(18-11-19-38(43)48)47-50-45(29-13-5-3-6-14-29)49-46(51-47)30-15-7-4-8-16-30/h3-28H,1-2H3. The van der Waals surface area contributed by atoms with Crippen LogP contribution in [0.3, 0.4) is 0 Å². The monoisotopic (exact) mass is 680 g/mol. The normalized spacial score (nSPS) is 13.4. The highest BCUT2D eigenvalue weighted by Crippen LogP contribution is 2.53. The number of hydrogen-bond donors (Lipinski definition) is 0. The quantitative estimate of drug-likeness (QED) is 0.186. The van der Waals surface area contributed by atoms with Gasteiger partial charge in [-0.1, -0.05) is 135 Å². The molecule has 0 N–H and O–H groups in total. The van der Waals surface area contributed by atoms with E-state index in [0.29, 0.717) is 17.5 Å². The first-order valence-corrected chi connectivity index (χ1v) is 18.0. The molecule has 5 heteroatoms. The maximum atomic E-state index is 6.37. The van der Waals surface area contributed by atoms with Crippen LogP contribution in [0.25, 0.3) is 83.9 Å². The van der Waals surface area contributed by atoms with E-state index in [1.54, 1.807) is 0 Å². The summed E-state index contributed by atoms with van der Waals surface area (Å²) in [6.07, 6.45) is 0. The van der Waals surface area contributed by atoms with Crippen molar-refractivity contribution in [1.29, 1.82) is 0 Å². The number of rotatable bonds is 4. The van der Waals surface area contributed by atoms with E-state index in [9.17, 15) is 0 Å². The van der Waals surface area contributed by atoms with Crippen LogP contribution in [0.5, 0.6) is 11.5 Å². The number of hydrogen-bond acceptors (Lipinski definition) is 4. The predicted octanol–water partition coefficient (Wildman–Crippen LogP) is 12.0. The van der Waals surface area contributed by atoms with Crippen LogP contribution < -0.4 is 4.74 Å².